The maximum absolute atomic E-state index is 12.5. The third-order valence-electron chi connectivity index (χ3n) is 5.20. The first kappa shape index (κ1) is 27.8. The molecule has 4 rings (SSSR count). The Hall–Kier alpha value is -2.21. The number of nitriles is 1. The summed E-state index contributed by atoms with van der Waals surface area (Å²) in [4.78, 5) is 12.5. The van der Waals surface area contributed by atoms with Crippen LogP contribution in [0.1, 0.15) is 17.0 Å². The third-order valence-corrected chi connectivity index (χ3v) is 8.00. The number of halogens is 7. The molecule has 1 heterocycles. The van der Waals surface area contributed by atoms with Crippen LogP contribution in [0.5, 0.6) is 17.2 Å². The van der Waals surface area contributed by atoms with E-state index in [1.807, 2.05) is 0 Å². The van der Waals surface area contributed by atoms with Crippen LogP contribution in [-0.2, 0) is 4.79 Å². The molecule has 1 atom stereocenters. The number of benzene rings is 3. The van der Waals surface area contributed by atoms with Crippen molar-refractivity contribution in [2.24, 2.45) is 5.73 Å². The molecule has 190 valence electrons. The summed E-state index contributed by atoms with van der Waals surface area (Å²) in [6, 6.07) is 11.6. The summed E-state index contributed by atoms with van der Waals surface area (Å²) < 4.78 is 16.4. The molecule has 3 aromatic carbocycles. The summed E-state index contributed by atoms with van der Waals surface area (Å²) in [5, 5.41) is 10.1. The Balaban J connectivity index is 1.57. The molecule has 0 fully saturated rings. The zero-order valence-electron chi connectivity index (χ0n) is 18.1. The van der Waals surface area contributed by atoms with Crippen molar-refractivity contribution in [3.05, 3.63) is 94.1 Å². The molecule has 1 aliphatic heterocycles. The van der Waals surface area contributed by atoms with E-state index >= 15 is 0 Å². The van der Waals surface area contributed by atoms with E-state index in [4.69, 9.17) is 101 Å². The molecule has 0 bridgehead atoms. The molecule has 0 aliphatic carbocycles. The number of allylic oxidation sites excluding steroid dienone is 1. The maximum Gasteiger partial charge on any atom is 0.349 e. The summed E-state index contributed by atoms with van der Waals surface area (Å²) in [6.07, 6.45) is 0. The van der Waals surface area contributed by atoms with Gasteiger partial charge in [0.2, 0.25) is 5.88 Å². The second-order valence-electron chi connectivity index (χ2n) is 7.45. The molecule has 0 amide bonds. The van der Waals surface area contributed by atoms with Crippen molar-refractivity contribution in [3.8, 4) is 23.3 Å². The summed E-state index contributed by atoms with van der Waals surface area (Å²) in [6.45, 7) is -0.588. The number of fused-ring (bicyclic) bond motifs is 1. The van der Waals surface area contributed by atoms with Crippen LogP contribution < -0.4 is 19.9 Å². The van der Waals surface area contributed by atoms with Crippen LogP contribution >= 0.6 is 81.2 Å². The van der Waals surface area contributed by atoms with Crippen LogP contribution in [0, 0.1) is 11.3 Å². The fourth-order valence-electron chi connectivity index (χ4n) is 3.56. The highest BCUT2D eigenvalue weighted by Gasteiger charge is 2.32. The Morgan fingerprint density at radius 3 is 2.16 bits per heavy atom. The third kappa shape index (κ3) is 5.50. The molecule has 6 nitrogen and oxygen atoms in total. The standard InChI is InChI=1S/C24H11Cl7N2O4/c25-9-1-3-11(14(26)5-9)17-12-4-2-10(6-15(12)37-24(33)13(17)7-32)36-16(34)8-35-23-21(30)19(28)18(27)20(29)22(23)31/h1-6,17H,8,33H2. The van der Waals surface area contributed by atoms with Gasteiger partial charge in [-0.1, -0.05) is 93.3 Å². The Morgan fingerprint density at radius 1 is 0.919 bits per heavy atom. The van der Waals surface area contributed by atoms with Crippen LogP contribution in [0.3, 0.4) is 0 Å². The molecule has 13 heteroatoms. The van der Waals surface area contributed by atoms with Crippen LogP contribution in [0.25, 0.3) is 0 Å². The SMILES string of the molecule is N#CC1=C(N)Oc2cc(OC(=O)COc3c(Cl)c(Cl)c(Cl)c(Cl)c3Cl)ccc2C1c1ccc(Cl)cc1Cl. The van der Waals surface area contributed by atoms with Gasteiger partial charge in [-0.3, -0.25) is 0 Å². The average Bonchev–Trinajstić information content (AvgIpc) is 2.85. The van der Waals surface area contributed by atoms with E-state index in [2.05, 4.69) is 6.07 Å². The average molecular weight is 640 g/mol. The lowest BCUT2D eigenvalue weighted by molar-refractivity contribution is -0.136. The number of hydrogen-bond donors (Lipinski definition) is 1. The van der Waals surface area contributed by atoms with Crippen LogP contribution in [-0.4, -0.2) is 12.6 Å². The monoisotopic (exact) mass is 636 g/mol. The summed E-state index contributed by atoms with van der Waals surface area (Å²) in [5.74, 6) is -1.29. The molecule has 3 aromatic rings. The number of nitrogens with zero attached hydrogens (tertiary/aromatic N) is 1. The fourth-order valence-corrected chi connectivity index (χ4v) is 5.31. The lowest BCUT2D eigenvalue weighted by Crippen LogP contribution is -2.22. The first-order chi connectivity index (χ1) is 17.5. The van der Waals surface area contributed by atoms with Crippen LogP contribution in [0.15, 0.2) is 47.9 Å². The molecule has 1 aliphatic rings. The molecule has 37 heavy (non-hydrogen) atoms. The number of nitrogens with two attached hydrogens (primary N) is 1. The van der Waals surface area contributed by atoms with E-state index in [-0.39, 0.29) is 53.8 Å². The van der Waals surface area contributed by atoms with Gasteiger partial charge in [-0.15, -0.1) is 0 Å². The van der Waals surface area contributed by atoms with Crippen molar-refractivity contribution < 1.29 is 19.0 Å². The molecule has 2 N–H and O–H groups in total. The minimum Gasteiger partial charge on any atom is -0.479 e. The van der Waals surface area contributed by atoms with Crippen molar-refractivity contribution in [3.63, 3.8) is 0 Å². The molecule has 0 saturated carbocycles. The zero-order chi connectivity index (χ0) is 27.0. The fraction of sp³-hybridized carbons (Fsp3) is 0.0833. The number of ether oxygens (including phenoxy) is 3. The predicted octanol–water partition coefficient (Wildman–Crippen LogP) is 8.46. The maximum atomic E-state index is 12.5. The van der Waals surface area contributed by atoms with Crippen molar-refractivity contribution >= 4 is 87.2 Å². The number of carbonyl (C=O) groups is 1. The van der Waals surface area contributed by atoms with Gasteiger partial charge in [0.1, 0.15) is 33.2 Å². The van der Waals surface area contributed by atoms with E-state index in [1.165, 1.54) is 12.1 Å². The molecule has 0 saturated heterocycles. The molecular weight excluding hydrogens is 628 g/mol. The van der Waals surface area contributed by atoms with Gasteiger partial charge in [0.25, 0.3) is 0 Å². The first-order valence-electron chi connectivity index (χ1n) is 10.0. The van der Waals surface area contributed by atoms with Gasteiger partial charge in [0.15, 0.2) is 12.4 Å². The number of rotatable bonds is 5. The summed E-state index contributed by atoms with van der Waals surface area (Å²) in [7, 11) is 0. The quantitative estimate of drug-likeness (QED) is 0.130. The van der Waals surface area contributed by atoms with Gasteiger partial charge < -0.3 is 19.9 Å². The van der Waals surface area contributed by atoms with Crippen LogP contribution in [0.2, 0.25) is 35.2 Å². The highest BCUT2D eigenvalue weighted by Crippen LogP contribution is 2.48. The normalized spacial score (nSPS) is 14.5. The van der Waals surface area contributed by atoms with E-state index in [1.54, 1.807) is 24.3 Å². The second-order valence-corrected chi connectivity index (χ2v) is 10.2. The van der Waals surface area contributed by atoms with Crippen molar-refractivity contribution in [1.29, 1.82) is 5.26 Å². The Bertz CT molecular complexity index is 1490. The molecule has 1 unspecified atom stereocenters. The molecule has 0 radical (unpaired) electrons. The second kappa shape index (κ2) is 11.3. The van der Waals surface area contributed by atoms with E-state index in [9.17, 15) is 10.1 Å². The van der Waals surface area contributed by atoms with Gasteiger partial charge in [-0.05, 0) is 23.8 Å². The highest BCUT2D eigenvalue weighted by molar-refractivity contribution is 6.55. The molecular formula is C24H11Cl7N2O4. The Morgan fingerprint density at radius 2 is 1.54 bits per heavy atom. The first-order valence-corrected chi connectivity index (χ1v) is 12.7. The Kier molecular flexibility index (Phi) is 8.47. The minimum absolute atomic E-state index is 0.0478. The lowest BCUT2D eigenvalue weighted by Gasteiger charge is -2.27. The molecule has 0 aromatic heterocycles. The van der Waals surface area contributed by atoms with E-state index in [0.29, 0.717) is 21.2 Å². The highest BCUT2D eigenvalue weighted by atomic mass is 35.5. The van der Waals surface area contributed by atoms with E-state index < -0.39 is 18.5 Å². The summed E-state index contributed by atoms with van der Waals surface area (Å²) >= 11 is 42.6. The van der Waals surface area contributed by atoms with Gasteiger partial charge in [0.05, 0.1) is 21.0 Å². The number of esters is 1. The number of hydrogen-bond acceptors (Lipinski definition) is 6. The van der Waals surface area contributed by atoms with Gasteiger partial charge in [-0.2, -0.15) is 5.26 Å². The zero-order valence-corrected chi connectivity index (χ0v) is 23.3. The topological polar surface area (TPSA) is 94.6 Å². The van der Waals surface area contributed by atoms with Crippen LogP contribution in [0.4, 0.5) is 0 Å². The van der Waals surface area contributed by atoms with Gasteiger partial charge >= 0.3 is 5.97 Å². The molecule has 0 spiro atoms. The smallest absolute Gasteiger partial charge is 0.349 e. The predicted molar refractivity (Wildman–Crippen MR) is 145 cm³/mol. The van der Waals surface area contributed by atoms with Crippen molar-refractivity contribution in [1.82, 2.24) is 0 Å². The minimum atomic E-state index is -0.802. The Labute approximate surface area is 245 Å². The number of carbonyl (C=O) groups excluding carboxylic acids is 1. The van der Waals surface area contributed by atoms with E-state index in [0.717, 1.165) is 0 Å². The van der Waals surface area contributed by atoms with Crippen molar-refractivity contribution in [2.75, 3.05) is 6.61 Å². The van der Waals surface area contributed by atoms with Gasteiger partial charge in [0, 0.05) is 21.7 Å². The summed E-state index contributed by atoms with van der Waals surface area (Å²) in [5.41, 5.74) is 7.37. The largest absolute Gasteiger partial charge is 0.479 e. The lowest BCUT2D eigenvalue weighted by atomic mass is 9.83. The van der Waals surface area contributed by atoms with Crippen molar-refractivity contribution in [2.45, 2.75) is 5.92 Å². The van der Waals surface area contributed by atoms with Gasteiger partial charge in [-0.25, -0.2) is 4.79 Å².